The average Bonchev–Trinajstić information content (AvgIpc) is 2.57. The Morgan fingerprint density at radius 1 is 1.46 bits per heavy atom. The van der Waals surface area contributed by atoms with Crippen molar-refractivity contribution in [1.82, 2.24) is 4.90 Å². The number of likely N-dealkylation sites (tertiary alicyclic amines) is 1. The second kappa shape index (κ2) is 7.77. The minimum absolute atomic E-state index is 0.0126. The molecule has 2 aliphatic heterocycles. The van der Waals surface area contributed by atoms with Crippen molar-refractivity contribution < 1.29 is 29.1 Å². The van der Waals surface area contributed by atoms with Gasteiger partial charge in [0.05, 0.1) is 18.0 Å². The SMILES string of the molecule is COc1ccc2c(c1C(=O)O)OB(O)C(SCC(=O)N1CC(CN)C1)C2. The van der Waals surface area contributed by atoms with Gasteiger partial charge in [-0.1, -0.05) is 6.07 Å². The molecule has 140 valence electrons. The van der Waals surface area contributed by atoms with E-state index >= 15 is 0 Å². The van der Waals surface area contributed by atoms with Gasteiger partial charge in [-0.05, 0) is 24.6 Å². The highest BCUT2D eigenvalue weighted by Gasteiger charge is 2.39. The highest BCUT2D eigenvalue weighted by atomic mass is 32.2. The van der Waals surface area contributed by atoms with Gasteiger partial charge in [0, 0.05) is 19.0 Å². The summed E-state index contributed by atoms with van der Waals surface area (Å²) in [5, 5.41) is 19.3. The van der Waals surface area contributed by atoms with Crippen molar-refractivity contribution in [2.24, 2.45) is 11.7 Å². The van der Waals surface area contributed by atoms with Crippen molar-refractivity contribution in [3.05, 3.63) is 23.3 Å². The van der Waals surface area contributed by atoms with Gasteiger partial charge in [0.15, 0.2) is 0 Å². The maximum Gasteiger partial charge on any atom is 0.536 e. The van der Waals surface area contributed by atoms with E-state index in [1.807, 2.05) is 0 Å². The summed E-state index contributed by atoms with van der Waals surface area (Å²) in [6, 6.07) is 3.30. The van der Waals surface area contributed by atoms with Crippen molar-refractivity contribution in [1.29, 1.82) is 0 Å². The van der Waals surface area contributed by atoms with Gasteiger partial charge in [-0.2, -0.15) is 0 Å². The van der Waals surface area contributed by atoms with Crippen LogP contribution in [0.3, 0.4) is 0 Å². The lowest BCUT2D eigenvalue weighted by Crippen LogP contribution is -2.53. The van der Waals surface area contributed by atoms with Crippen LogP contribution in [0.4, 0.5) is 0 Å². The number of ether oxygens (including phenoxy) is 1. The van der Waals surface area contributed by atoms with Crippen molar-refractivity contribution in [3.8, 4) is 11.5 Å². The first-order valence-corrected chi connectivity index (χ1v) is 9.36. The van der Waals surface area contributed by atoms with E-state index in [1.165, 1.54) is 18.9 Å². The molecule has 0 aliphatic carbocycles. The number of benzene rings is 1. The number of aromatic carboxylic acids is 1. The number of carbonyl (C=O) groups excluding carboxylic acids is 1. The van der Waals surface area contributed by atoms with Gasteiger partial charge in [0.1, 0.15) is 17.1 Å². The second-order valence-corrected chi connectivity index (χ2v) is 7.63. The van der Waals surface area contributed by atoms with Crippen molar-refractivity contribution in [3.63, 3.8) is 0 Å². The average molecular weight is 380 g/mol. The van der Waals surface area contributed by atoms with Crippen LogP contribution in [0.15, 0.2) is 12.1 Å². The second-order valence-electron chi connectivity index (χ2n) is 6.40. The number of fused-ring (bicyclic) bond motifs is 1. The molecule has 2 heterocycles. The first kappa shape index (κ1) is 18.9. The Morgan fingerprint density at radius 3 is 2.81 bits per heavy atom. The van der Waals surface area contributed by atoms with Crippen LogP contribution in [0.25, 0.3) is 0 Å². The number of carboxylic acids is 1. The summed E-state index contributed by atoms with van der Waals surface area (Å²) < 4.78 is 10.5. The van der Waals surface area contributed by atoms with Crippen LogP contribution >= 0.6 is 11.8 Å². The van der Waals surface area contributed by atoms with E-state index < -0.39 is 13.1 Å². The lowest BCUT2D eigenvalue weighted by atomic mass is 9.77. The summed E-state index contributed by atoms with van der Waals surface area (Å²) in [6.07, 6.45) is 0.407. The molecule has 2 aliphatic rings. The highest BCUT2D eigenvalue weighted by molar-refractivity contribution is 8.01. The molecule has 1 fully saturated rings. The van der Waals surface area contributed by atoms with Crippen LogP contribution < -0.4 is 15.1 Å². The zero-order valence-corrected chi connectivity index (χ0v) is 15.2. The molecular weight excluding hydrogens is 359 g/mol. The number of rotatable bonds is 6. The van der Waals surface area contributed by atoms with Crippen LogP contribution in [0.5, 0.6) is 11.5 Å². The molecule has 0 saturated carbocycles. The van der Waals surface area contributed by atoms with Crippen LogP contribution in [0.2, 0.25) is 0 Å². The van der Waals surface area contributed by atoms with Gasteiger partial charge in [0.2, 0.25) is 5.91 Å². The van der Waals surface area contributed by atoms with Crippen molar-refractivity contribution in [2.45, 2.75) is 11.6 Å². The lowest BCUT2D eigenvalue weighted by molar-refractivity contribution is -0.134. The monoisotopic (exact) mass is 380 g/mol. The molecule has 1 unspecified atom stereocenters. The Balaban J connectivity index is 1.66. The summed E-state index contributed by atoms with van der Waals surface area (Å²) in [6.45, 7) is 1.95. The van der Waals surface area contributed by atoms with Crippen molar-refractivity contribution >= 4 is 30.8 Å². The zero-order valence-electron chi connectivity index (χ0n) is 14.4. The predicted octanol–water partition coefficient (Wildman–Crippen LogP) is -0.133. The maximum atomic E-state index is 12.2. The molecular formula is C16H21BN2O6S. The minimum Gasteiger partial charge on any atom is -0.534 e. The van der Waals surface area contributed by atoms with E-state index in [4.69, 9.17) is 15.1 Å². The number of methoxy groups -OCH3 is 1. The molecule has 4 N–H and O–H groups in total. The van der Waals surface area contributed by atoms with Gasteiger partial charge in [-0.15, -0.1) is 11.8 Å². The molecule has 0 aromatic heterocycles. The Hall–Kier alpha value is -1.91. The molecule has 1 aromatic carbocycles. The molecule has 1 aromatic rings. The number of nitrogens with zero attached hydrogens (tertiary/aromatic N) is 1. The number of hydrogen-bond donors (Lipinski definition) is 3. The molecule has 0 spiro atoms. The molecule has 26 heavy (non-hydrogen) atoms. The summed E-state index contributed by atoms with van der Waals surface area (Å²) in [4.78, 5) is 25.4. The standard InChI is InChI=1S/C16H21BN2O6S/c1-24-11-3-2-10-4-12(17(23)25-15(10)14(11)16(21)22)26-8-13(20)19-6-9(5-18)7-19/h2-3,9,12,23H,4-8,18H2,1H3,(H,21,22). The lowest BCUT2D eigenvalue weighted by Gasteiger charge is -2.39. The maximum absolute atomic E-state index is 12.2. The number of hydrogen-bond acceptors (Lipinski definition) is 7. The number of thioether (sulfide) groups is 1. The largest absolute Gasteiger partial charge is 0.536 e. The Kier molecular flexibility index (Phi) is 5.64. The number of carbonyl (C=O) groups is 2. The van der Waals surface area contributed by atoms with Gasteiger partial charge < -0.3 is 30.2 Å². The molecule has 1 amide bonds. The summed E-state index contributed by atoms with van der Waals surface area (Å²) in [5.41, 5.74) is 6.13. The van der Waals surface area contributed by atoms with E-state index in [2.05, 4.69) is 0 Å². The van der Waals surface area contributed by atoms with E-state index in [0.29, 0.717) is 37.5 Å². The molecule has 3 rings (SSSR count). The molecule has 1 atom stereocenters. The van der Waals surface area contributed by atoms with Crippen LogP contribution in [-0.2, 0) is 11.2 Å². The fourth-order valence-electron chi connectivity index (χ4n) is 3.12. The Bertz CT molecular complexity index is 712. The highest BCUT2D eigenvalue weighted by Crippen LogP contribution is 2.38. The number of amides is 1. The first-order chi connectivity index (χ1) is 12.4. The van der Waals surface area contributed by atoms with Crippen LogP contribution in [0, 0.1) is 5.92 Å². The molecule has 0 radical (unpaired) electrons. The van der Waals surface area contributed by atoms with Crippen molar-refractivity contribution in [2.75, 3.05) is 32.5 Å². The first-order valence-electron chi connectivity index (χ1n) is 8.32. The summed E-state index contributed by atoms with van der Waals surface area (Å²) >= 11 is 1.31. The fourth-order valence-corrected chi connectivity index (χ4v) is 4.18. The third kappa shape index (κ3) is 3.62. The van der Waals surface area contributed by atoms with Gasteiger partial charge >= 0.3 is 13.1 Å². The van der Waals surface area contributed by atoms with Crippen LogP contribution in [-0.4, -0.2) is 71.7 Å². The van der Waals surface area contributed by atoms with Gasteiger partial charge in [0.25, 0.3) is 0 Å². The Morgan fingerprint density at radius 2 is 2.19 bits per heavy atom. The summed E-state index contributed by atoms with van der Waals surface area (Å²) in [5.74, 6) is -0.250. The smallest absolute Gasteiger partial charge is 0.534 e. The van der Waals surface area contributed by atoms with Gasteiger partial charge in [-0.25, -0.2) is 4.79 Å². The third-order valence-corrected chi connectivity index (χ3v) is 5.92. The summed E-state index contributed by atoms with van der Waals surface area (Å²) in [7, 11) is 0.182. The fraction of sp³-hybridized carbons (Fsp3) is 0.500. The van der Waals surface area contributed by atoms with E-state index in [-0.39, 0.29) is 33.9 Å². The Labute approximate surface area is 155 Å². The number of carboxylic acid groups (broad SMARTS) is 1. The molecule has 0 bridgehead atoms. The predicted molar refractivity (Wildman–Crippen MR) is 97.6 cm³/mol. The van der Waals surface area contributed by atoms with E-state index in [1.54, 1.807) is 17.0 Å². The third-order valence-electron chi connectivity index (χ3n) is 4.68. The van der Waals surface area contributed by atoms with Gasteiger partial charge in [-0.3, -0.25) is 4.79 Å². The molecule has 8 nitrogen and oxygen atoms in total. The zero-order chi connectivity index (χ0) is 18.8. The normalized spacial score (nSPS) is 19.4. The number of nitrogens with two attached hydrogens (primary N) is 1. The van der Waals surface area contributed by atoms with E-state index in [0.717, 1.165) is 0 Å². The van der Waals surface area contributed by atoms with Crippen LogP contribution in [0.1, 0.15) is 15.9 Å². The quantitative estimate of drug-likeness (QED) is 0.584. The van der Waals surface area contributed by atoms with E-state index in [9.17, 15) is 19.7 Å². The minimum atomic E-state index is -1.20. The molecule has 10 heteroatoms. The topological polar surface area (TPSA) is 122 Å². The molecule has 1 saturated heterocycles.